The van der Waals surface area contributed by atoms with Crippen molar-refractivity contribution >= 4 is 16.9 Å². The van der Waals surface area contributed by atoms with Gasteiger partial charge in [-0.25, -0.2) is 13.6 Å². The first-order valence-corrected chi connectivity index (χ1v) is 8.54. The molecule has 2 heterocycles. The van der Waals surface area contributed by atoms with Gasteiger partial charge in [-0.15, -0.1) is 0 Å². The number of aromatic nitrogens is 1. The Kier molecular flexibility index (Phi) is 4.24. The first-order chi connectivity index (χ1) is 13.0. The fourth-order valence-electron chi connectivity index (χ4n) is 3.56. The number of carboxylic acid groups (broad SMARTS) is 1. The van der Waals surface area contributed by atoms with Crippen LogP contribution in [-0.4, -0.2) is 28.7 Å². The summed E-state index contributed by atoms with van der Waals surface area (Å²) in [5, 5.41) is 12.5. The number of hydrogen-bond acceptors (Lipinski definition) is 3. The molecule has 0 amide bonds. The molecule has 1 fully saturated rings. The summed E-state index contributed by atoms with van der Waals surface area (Å²) in [6, 6.07) is 8.14. The van der Waals surface area contributed by atoms with Gasteiger partial charge >= 0.3 is 5.97 Å². The third-order valence-corrected chi connectivity index (χ3v) is 4.96. The van der Waals surface area contributed by atoms with Crippen LogP contribution in [-0.2, 0) is 0 Å². The summed E-state index contributed by atoms with van der Waals surface area (Å²) >= 11 is 0. The van der Waals surface area contributed by atoms with E-state index in [1.54, 1.807) is 6.07 Å². The van der Waals surface area contributed by atoms with Crippen molar-refractivity contribution in [2.45, 2.75) is 12.3 Å². The Hall–Kier alpha value is -3.06. The molecule has 5 nitrogen and oxygen atoms in total. The zero-order valence-electron chi connectivity index (χ0n) is 14.2. The minimum Gasteiger partial charge on any atom is -0.477 e. The average Bonchev–Trinajstić information content (AvgIpc) is 3.17. The minimum absolute atomic E-state index is 0.0218. The average molecular weight is 370 g/mol. The molecule has 1 aromatic heterocycles. The molecule has 1 aliphatic rings. The van der Waals surface area contributed by atoms with Gasteiger partial charge in [0.2, 0.25) is 5.43 Å². The van der Waals surface area contributed by atoms with Crippen molar-refractivity contribution in [3.05, 3.63) is 75.6 Å². The van der Waals surface area contributed by atoms with Crippen molar-refractivity contribution in [1.82, 2.24) is 9.88 Å². The molecule has 4 rings (SSSR count). The summed E-state index contributed by atoms with van der Waals surface area (Å²) in [6.45, 7) is 1.42. The second-order valence-electron chi connectivity index (χ2n) is 6.60. The predicted molar refractivity (Wildman–Crippen MR) is 96.6 cm³/mol. The molecule has 0 saturated carbocycles. The minimum atomic E-state index is -1.40. The smallest absolute Gasteiger partial charge is 0.341 e. The summed E-state index contributed by atoms with van der Waals surface area (Å²) in [4.78, 5) is 24.0. The maximum atomic E-state index is 14.7. The third kappa shape index (κ3) is 3.00. The molecule has 0 radical (unpaired) electrons. The Bertz CT molecular complexity index is 1100. The maximum absolute atomic E-state index is 14.7. The molecule has 3 aromatic rings. The van der Waals surface area contributed by atoms with Crippen molar-refractivity contribution in [2.24, 2.45) is 0 Å². The van der Waals surface area contributed by atoms with Crippen molar-refractivity contribution < 1.29 is 18.7 Å². The van der Waals surface area contributed by atoms with E-state index in [2.05, 4.69) is 5.32 Å². The van der Waals surface area contributed by atoms with Gasteiger partial charge in [-0.1, -0.05) is 0 Å². The molecular formula is C20H16F2N2O3. The van der Waals surface area contributed by atoms with E-state index in [9.17, 15) is 23.5 Å². The van der Waals surface area contributed by atoms with Crippen LogP contribution in [0.2, 0.25) is 0 Å². The summed E-state index contributed by atoms with van der Waals surface area (Å²) < 4.78 is 29.5. The second-order valence-corrected chi connectivity index (χ2v) is 6.60. The van der Waals surface area contributed by atoms with Crippen LogP contribution in [0.5, 0.6) is 0 Å². The summed E-state index contributed by atoms with van der Waals surface area (Å²) in [7, 11) is 0. The number of aromatic carboxylic acids is 1. The van der Waals surface area contributed by atoms with E-state index in [1.807, 2.05) is 0 Å². The van der Waals surface area contributed by atoms with Gasteiger partial charge in [-0.2, -0.15) is 0 Å². The SMILES string of the molecule is O=C(O)c1cn(-c2ccc(F)cc2)c2cc(C3CCNC3)c(F)cc2c1=O. The van der Waals surface area contributed by atoms with Crippen LogP contribution in [0.15, 0.2) is 47.4 Å². The van der Waals surface area contributed by atoms with Crippen LogP contribution in [0, 0.1) is 11.6 Å². The normalized spacial score (nSPS) is 16.7. The fraction of sp³-hybridized carbons (Fsp3) is 0.200. The maximum Gasteiger partial charge on any atom is 0.341 e. The Morgan fingerprint density at radius 3 is 2.56 bits per heavy atom. The van der Waals surface area contributed by atoms with Crippen molar-refractivity contribution in [3.63, 3.8) is 0 Å². The molecule has 7 heteroatoms. The number of nitrogens with one attached hydrogen (secondary N) is 1. The number of carbonyl (C=O) groups is 1. The highest BCUT2D eigenvalue weighted by molar-refractivity contribution is 5.93. The van der Waals surface area contributed by atoms with E-state index in [0.29, 0.717) is 23.3 Å². The van der Waals surface area contributed by atoms with Gasteiger partial charge in [0.05, 0.1) is 5.52 Å². The van der Waals surface area contributed by atoms with E-state index >= 15 is 0 Å². The molecule has 0 aliphatic carbocycles. The molecular weight excluding hydrogens is 354 g/mol. The lowest BCUT2D eigenvalue weighted by Gasteiger charge is -2.16. The lowest BCUT2D eigenvalue weighted by molar-refractivity contribution is 0.0695. The van der Waals surface area contributed by atoms with E-state index in [4.69, 9.17) is 0 Å². The topological polar surface area (TPSA) is 71.3 Å². The Labute approximate surface area is 152 Å². The molecule has 138 valence electrons. The van der Waals surface area contributed by atoms with Crippen LogP contribution in [0.3, 0.4) is 0 Å². The molecule has 1 atom stereocenters. The van der Waals surface area contributed by atoms with Crippen LogP contribution >= 0.6 is 0 Å². The molecule has 1 aliphatic heterocycles. The van der Waals surface area contributed by atoms with Gasteiger partial charge in [-0.3, -0.25) is 4.79 Å². The van der Waals surface area contributed by atoms with E-state index in [0.717, 1.165) is 19.0 Å². The zero-order valence-corrected chi connectivity index (χ0v) is 14.2. The van der Waals surface area contributed by atoms with Crippen LogP contribution in [0.4, 0.5) is 8.78 Å². The number of halogens is 2. The van der Waals surface area contributed by atoms with Crippen LogP contribution in [0.1, 0.15) is 28.3 Å². The Morgan fingerprint density at radius 2 is 1.93 bits per heavy atom. The lowest BCUT2D eigenvalue weighted by atomic mass is 9.95. The largest absolute Gasteiger partial charge is 0.477 e. The van der Waals surface area contributed by atoms with Crippen molar-refractivity contribution in [1.29, 1.82) is 0 Å². The fourth-order valence-corrected chi connectivity index (χ4v) is 3.56. The third-order valence-electron chi connectivity index (χ3n) is 4.96. The quantitative estimate of drug-likeness (QED) is 0.743. The number of fused-ring (bicyclic) bond motifs is 1. The van der Waals surface area contributed by atoms with Crippen LogP contribution in [0.25, 0.3) is 16.6 Å². The van der Waals surface area contributed by atoms with E-state index in [1.165, 1.54) is 35.0 Å². The van der Waals surface area contributed by atoms with Gasteiger partial charge in [0.15, 0.2) is 0 Å². The Balaban J connectivity index is 2.05. The van der Waals surface area contributed by atoms with Gasteiger partial charge in [-0.05, 0) is 54.9 Å². The number of nitrogens with zero attached hydrogens (tertiary/aromatic N) is 1. The number of benzene rings is 2. The number of rotatable bonds is 3. The van der Waals surface area contributed by atoms with Crippen molar-refractivity contribution in [3.8, 4) is 5.69 Å². The molecule has 0 bridgehead atoms. The second kappa shape index (κ2) is 6.59. The molecule has 1 saturated heterocycles. The first-order valence-electron chi connectivity index (χ1n) is 8.54. The van der Waals surface area contributed by atoms with Gasteiger partial charge in [0.1, 0.15) is 17.2 Å². The number of carboxylic acids is 1. The summed E-state index contributed by atoms with van der Waals surface area (Å²) in [5.74, 6) is -2.39. The van der Waals surface area contributed by atoms with Gasteiger partial charge in [0, 0.05) is 29.7 Å². The highest BCUT2D eigenvalue weighted by atomic mass is 19.1. The lowest BCUT2D eigenvalue weighted by Crippen LogP contribution is -2.19. The van der Waals surface area contributed by atoms with Crippen molar-refractivity contribution in [2.75, 3.05) is 13.1 Å². The molecule has 0 spiro atoms. The number of hydrogen-bond donors (Lipinski definition) is 2. The molecule has 27 heavy (non-hydrogen) atoms. The summed E-state index contributed by atoms with van der Waals surface area (Å²) in [6.07, 6.45) is 1.98. The molecule has 1 unspecified atom stereocenters. The van der Waals surface area contributed by atoms with Crippen LogP contribution < -0.4 is 10.7 Å². The highest BCUT2D eigenvalue weighted by Crippen LogP contribution is 2.29. The summed E-state index contributed by atoms with van der Waals surface area (Å²) in [5.41, 5.74) is 0.129. The zero-order chi connectivity index (χ0) is 19.1. The van der Waals surface area contributed by atoms with E-state index in [-0.39, 0.29) is 11.3 Å². The predicted octanol–water partition coefficient (Wildman–Crippen LogP) is 3.04. The number of pyridine rings is 1. The van der Waals surface area contributed by atoms with Gasteiger partial charge in [0.25, 0.3) is 0 Å². The first kappa shape index (κ1) is 17.4. The highest BCUT2D eigenvalue weighted by Gasteiger charge is 2.23. The standard InChI is InChI=1S/C20H16F2N2O3/c21-12-1-3-13(4-2-12)24-10-16(20(26)27)19(25)15-7-17(22)14(8-18(15)24)11-5-6-23-9-11/h1-4,7-8,10-11,23H,5-6,9H2,(H,26,27). The Morgan fingerprint density at radius 1 is 1.19 bits per heavy atom. The van der Waals surface area contributed by atoms with E-state index < -0.39 is 28.6 Å². The monoisotopic (exact) mass is 370 g/mol. The van der Waals surface area contributed by atoms with Gasteiger partial charge < -0.3 is 15.0 Å². The molecule has 2 N–H and O–H groups in total. The molecule has 2 aromatic carbocycles.